The normalized spacial score (nSPS) is 20.2. The van der Waals surface area contributed by atoms with Crippen molar-refractivity contribution >= 4 is 11.8 Å². The molecule has 1 aliphatic heterocycles. The average molecular weight is 222 g/mol. The fourth-order valence-corrected chi connectivity index (χ4v) is 1.71. The van der Waals surface area contributed by atoms with E-state index in [2.05, 4.69) is 15.7 Å². The fraction of sp³-hybridized carbons (Fsp3) is 0.500. The first-order valence-corrected chi connectivity index (χ1v) is 5.20. The van der Waals surface area contributed by atoms with Crippen LogP contribution in [0.2, 0.25) is 0 Å². The molecule has 16 heavy (non-hydrogen) atoms. The largest absolute Gasteiger partial charge is 0.305 e. The molecule has 1 unspecified atom stereocenters. The van der Waals surface area contributed by atoms with Crippen LogP contribution in [0.25, 0.3) is 0 Å². The minimum atomic E-state index is -0.371. The van der Waals surface area contributed by atoms with Crippen molar-refractivity contribution in [3.63, 3.8) is 0 Å². The molecule has 1 fully saturated rings. The van der Waals surface area contributed by atoms with Crippen molar-refractivity contribution in [1.82, 2.24) is 20.4 Å². The molecule has 0 radical (unpaired) electrons. The molecule has 86 valence electrons. The van der Waals surface area contributed by atoms with Crippen molar-refractivity contribution in [3.8, 4) is 0 Å². The summed E-state index contributed by atoms with van der Waals surface area (Å²) >= 11 is 0. The van der Waals surface area contributed by atoms with Gasteiger partial charge in [-0.2, -0.15) is 5.10 Å². The van der Waals surface area contributed by atoms with E-state index < -0.39 is 0 Å². The molecule has 1 aromatic heterocycles. The topological polar surface area (TPSA) is 76.0 Å². The minimum Gasteiger partial charge on any atom is -0.305 e. The number of carbonyl (C=O) groups excluding carboxylic acids is 2. The zero-order chi connectivity index (χ0) is 11.5. The molecular formula is C10H14N4O2. The Balaban J connectivity index is 1.76. The second-order valence-electron chi connectivity index (χ2n) is 3.90. The molecule has 1 aromatic rings. The molecule has 2 amide bonds. The lowest BCUT2D eigenvalue weighted by Gasteiger charge is -2.07. The lowest BCUT2D eigenvalue weighted by atomic mass is 10.2. The van der Waals surface area contributed by atoms with Crippen LogP contribution in [0.1, 0.15) is 12.0 Å². The van der Waals surface area contributed by atoms with E-state index in [9.17, 15) is 9.59 Å². The summed E-state index contributed by atoms with van der Waals surface area (Å²) in [5.74, 6) is -0.430. The van der Waals surface area contributed by atoms with Crippen molar-refractivity contribution in [2.45, 2.75) is 18.9 Å². The molecule has 1 saturated heterocycles. The molecule has 2 rings (SSSR count). The van der Waals surface area contributed by atoms with Gasteiger partial charge in [0.25, 0.3) is 0 Å². The molecule has 0 bridgehead atoms. The van der Waals surface area contributed by atoms with E-state index in [1.165, 1.54) is 0 Å². The van der Waals surface area contributed by atoms with Crippen molar-refractivity contribution in [3.05, 3.63) is 18.0 Å². The predicted molar refractivity (Wildman–Crippen MR) is 56.5 cm³/mol. The number of hydrogen-bond acceptors (Lipinski definition) is 4. The number of aromatic nitrogens is 2. The Hall–Kier alpha value is -1.69. The van der Waals surface area contributed by atoms with E-state index in [4.69, 9.17) is 0 Å². The summed E-state index contributed by atoms with van der Waals surface area (Å²) in [5, 5.41) is 9.36. The number of imide groups is 1. The van der Waals surface area contributed by atoms with E-state index in [-0.39, 0.29) is 24.3 Å². The van der Waals surface area contributed by atoms with Gasteiger partial charge in [-0.05, 0) is 12.0 Å². The molecule has 1 atom stereocenters. The molecule has 0 saturated carbocycles. The third kappa shape index (κ3) is 2.46. The van der Waals surface area contributed by atoms with E-state index in [1.807, 2.05) is 13.2 Å². The van der Waals surface area contributed by atoms with Gasteiger partial charge in [0.2, 0.25) is 11.8 Å². The SMILES string of the molecule is Cn1cc(CCNC2CC(=O)NC2=O)cn1. The lowest BCUT2D eigenvalue weighted by Crippen LogP contribution is -2.37. The van der Waals surface area contributed by atoms with E-state index >= 15 is 0 Å². The molecule has 2 N–H and O–H groups in total. The van der Waals surface area contributed by atoms with Gasteiger partial charge in [0, 0.05) is 19.8 Å². The highest BCUT2D eigenvalue weighted by Crippen LogP contribution is 2.02. The number of amides is 2. The van der Waals surface area contributed by atoms with Crippen LogP contribution in [0.5, 0.6) is 0 Å². The maximum atomic E-state index is 11.2. The Morgan fingerprint density at radius 2 is 2.44 bits per heavy atom. The van der Waals surface area contributed by atoms with E-state index in [1.54, 1.807) is 10.9 Å². The number of aryl methyl sites for hydroxylation is 1. The van der Waals surface area contributed by atoms with Gasteiger partial charge >= 0.3 is 0 Å². The Morgan fingerprint density at radius 3 is 3.00 bits per heavy atom. The van der Waals surface area contributed by atoms with Crippen LogP contribution < -0.4 is 10.6 Å². The zero-order valence-corrected chi connectivity index (χ0v) is 9.06. The van der Waals surface area contributed by atoms with Gasteiger partial charge in [0.1, 0.15) is 0 Å². The van der Waals surface area contributed by atoms with E-state index in [0.717, 1.165) is 12.0 Å². The van der Waals surface area contributed by atoms with Crippen LogP contribution >= 0.6 is 0 Å². The predicted octanol–water partition coefficient (Wildman–Crippen LogP) is -1.03. The Morgan fingerprint density at radius 1 is 1.62 bits per heavy atom. The second-order valence-corrected chi connectivity index (χ2v) is 3.90. The van der Waals surface area contributed by atoms with Crippen LogP contribution in [0.3, 0.4) is 0 Å². The first-order valence-electron chi connectivity index (χ1n) is 5.20. The zero-order valence-electron chi connectivity index (χ0n) is 9.06. The summed E-state index contributed by atoms with van der Waals surface area (Å²) in [4.78, 5) is 22.1. The smallest absolute Gasteiger partial charge is 0.244 e. The number of hydrogen-bond donors (Lipinski definition) is 2. The monoisotopic (exact) mass is 222 g/mol. The summed E-state index contributed by atoms with van der Waals surface area (Å²) in [7, 11) is 1.86. The standard InChI is InChI=1S/C10H14N4O2/c1-14-6-7(5-12-14)2-3-11-8-4-9(15)13-10(8)16/h5-6,8,11H,2-4H2,1H3,(H,13,15,16). The molecule has 0 spiro atoms. The summed E-state index contributed by atoms with van der Waals surface area (Å²) in [6.45, 7) is 0.664. The first-order chi connectivity index (χ1) is 7.65. The molecule has 6 nitrogen and oxygen atoms in total. The maximum absolute atomic E-state index is 11.2. The highest BCUT2D eigenvalue weighted by atomic mass is 16.2. The van der Waals surface area contributed by atoms with Crippen LogP contribution in [0, 0.1) is 0 Å². The van der Waals surface area contributed by atoms with Crippen molar-refractivity contribution in [2.75, 3.05) is 6.54 Å². The van der Waals surface area contributed by atoms with Crippen LogP contribution in [0.4, 0.5) is 0 Å². The van der Waals surface area contributed by atoms with Gasteiger partial charge in [-0.15, -0.1) is 0 Å². The number of nitrogens with zero attached hydrogens (tertiary/aromatic N) is 2. The molecule has 1 aliphatic rings. The Bertz CT molecular complexity index is 413. The third-order valence-electron chi connectivity index (χ3n) is 2.53. The van der Waals surface area contributed by atoms with Gasteiger partial charge < -0.3 is 5.32 Å². The van der Waals surface area contributed by atoms with Crippen molar-refractivity contribution in [1.29, 1.82) is 0 Å². The Kier molecular flexibility index (Phi) is 3.00. The van der Waals surface area contributed by atoms with Gasteiger partial charge in [-0.25, -0.2) is 0 Å². The van der Waals surface area contributed by atoms with Gasteiger partial charge in [0.15, 0.2) is 0 Å². The van der Waals surface area contributed by atoms with Crippen molar-refractivity contribution in [2.24, 2.45) is 7.05 Å². The van der Waals surface area contributed by atoms with Crippen LogP contribution in [0.15, 0.2) is 12.4 Å². The molecule has 2 heterocycles. The summed E-state index contributed by atoms with van der Waals surface area (Å²) in [5.41, 5.74) is 1.11. The fourth-order valence-electron chi connectivity index (χ4n) is 1.71. The summed E-state index contributed by atoms with van der Waals surface area (Å²) < 4.78 is 1.74. The second kappa shape index (κ2) is 4.44. The number of rotatable bonds is 4. The highest BCUT2D eigenvalue weighted by molar-refractivity contribution is 6.05. The summed E-state index contributed by atoms with van der Waals surface area (Å²) in [6, 6.07) is -0.371. The van der Waals surface area contributed by atoms with Gasteiger partial charge in [-0.1, -0.05) is 0 Å². The Labute approximate surface area is 93.0 Å². The molecule has 0 aromatic carbocycles. The highest BCUT2D eigenvalue weighted by Gasteiger charge is 2.29. The molecule has 6 heteroatoms. The maximum Gasteiger partial charge on any atom is 0.244 e. The lowest BCUT2D eigenvalue weighted by molar-refractivity contribution is -0.125. The summed E-state index contributed by atoms with van der Waals surface area (Å²) in [6.07, 6.45) is 4.76. The number of nitrogens with one attached hydrogen (secondary N) is 2. The van der Waals surface area contributed by atoms with Crippen molar-refractivity contribution < 1.29 is 9.59 Å². The van der Waals surface area contributed by atoms with Crippen LogP contribution in [-0.2, 0) is 23.1 Å². The average Bonchev–Trinajstić information content (AvgIpc) is 2.74. The molecular weight excluding hydrogens is 208 g/mol. The first kappa shape index (κ1) is 10.8. The third-order valence-corrected chi connectivity index (χ3v) is 2.53. The molecule has 0 aliphatic carbocycles. The number of carbonyl (C=O) groups is 2. The van der Waals surface area contributed by atoms with Gasteiger partial charge in [-0.3, -0.25) is 19.6 Å². The van der Waals surface area contributed by atoms with Gasteiger partial charge in [0.05, 0.1) is 18.7 Å². The quantitative estimate of drug-likeness (QED) is 0.638. The van der Waals surface area contributed by atoms with E-state index in [0.29, 0.717) is 6.54 Å². The van der Waals surface area contributed by atoms with Crippen LogP contribution in [-0.4, -0.2) is 34.2 Å². The minimum absolute atomic E-state index is 0.205.